The number of nitro groups is 1. The van der Waals surface area contributed by atoms with E-state index in [0.29, 0.717) is 28.8 Å². The van der Waals surface area contributed by atoms with Crippen LogP contribution in [0.25, 0.3) is 22.4 Å². The molecule has 23 heteroatoms. The van der Waals surface area contributed by atoms with E-state index in [1.54, 1.807) is 60.6 Å². The number of nitrogens with zero attached hydrogens (tertiary/aromatic N) is 3. The Morgan fingerprint density at radius 2 is 1.59 bits per heavy atom. The maximum absolute atomic E-state index is 14.6. The lowest BCUT2D eigenvalue weighted by Gasteiger charge is -2.50. The number of methoxy groups -OCH3 is 2. The molecular weight excluding hydrogens is 993 g/mol. The first-order chi connectivity index (χ1) is 35.6. The Kier molecular flexibility index (Phi) is 19.1. The summed E-state index contributed by atoms with van der Waals surface area (Å²) < 4.78 is 50.8. The van der Waals surface area contributed by atoms with Gasteiger partial charge in [0.15, 0.2) is 18.7 Å². The molecule has 0 unspecified atom stereocenters. The Balaban J connectivity index is 1.25. The molecule has 3 saturated heterocycles. The number of hydrogen-bond acceptors (Lipinski definition) is 19. The molecule has 0 saturated carbocycles. The van der Waals surface area contributed by atoms with Gasteiger partial charge in [0.1, 0.15) is 35.0 Å². The van der Waals surface area contributed by atoms with Crippen molar-refractivity contribution in [1.29, 1.82) is 0 Å². The van der Waals surface area contributed by atoms with Crippen LogP contribution < -0.4 is 10.9 Å². The second kappa shape index (κ2) is 24.2. The van der Waals surface area contributed by atoms with Crippen LogP contribution >= 0.6 is 0 Å². The van der Waals surface area contributed by atoms with Crippen molar-refractivity contribution in [2.45, 2.75) is 179 Å². The van der Waals surface area contributed by atoms with Gasteiger partial charge in [0, 0.05) is 67.7 Å². The second-order valence-corrected chi connectivity index (χ2v) is 21.7. The Morgan fingerprint density at radius 1 is 0.921 bits per heavy atom. The molecule has 23 nitrogen and oxygen atoms in total. The third-order valence-electron chi connectivity index (χ3n) is 15.8. The molecule has 2 aromatic carbocycles. The van der Waals surface area contributed by atoms with E-state index >= 15 is 0 Å². The number of Topliss-reactive ketones (excluding diaryl/α,β-unsaturated/α-hetero) is 1. The number of rotatable bonds is 12. The normalized spacial score (nSPS) is 37.0. The van der Waals surface area contributed by atoms with E-state index in [9.17, 15) is 44.6 Å². The number of hydrogen-bond donors (Lipinski definition) is 6. The number of hydrazine groups is 1. The van der Waals surface area contributed by atoms with Crippen LogP contribution in [0.2, 0.25) is 0 Å². The summed E-state index contributed by atoms with van der Waals surface area (Å²) >= 11 is 0. The van der Waals surface area contributed by atoms with Crippen molar-refractivity contribution in [2.75, 3.05) is 28.3 Å². The Bertz CT molecular complexity index is 2540. The van der Waals surface area contributed by atoms with Crippen LogP contribution in [0.15, 0.2) is 42.5 Å². The van der Waals surface area contributed by atoms with Gasteiger partial charge in [0.2, 0.25) is 0 Å². The summed E-state index contributed by atoms with van der Waals surface area (Å²) in [6.45, 7) is 16.6. The zero-order valence-corrected chi connectivity index (χ0v) is 45.9. The number of fused-ring (bicyclic) bond motifs is 1. The van der Waals surface area contributed by atoms with Gasteiger partial charge in [-0.1, -0.05) is 39.8 Å². The van der Waals surface area contributed by atoms with Crippen molar-refractivity contribution in [3.05, 3.63) is 58.1 Å². The molecule has 6 N–H and O–H groups in total. The van der Waals surface area contributed by atoms with Crippen LogP contribution in [0.4, 0.5) is 10.5 Å². The zero-order valence-electron chi connectivity index (χ0n) is 45.9. The molecule has 1 aromatic heterocycles. The number of nitro benzene ring substituents is 1. The van der Waals surface area contributed by atoms with Crippen LogP contribution in [0.3, 0.4) is 0 Å². The summed E-state index contributed by atoms with van der Waals surface area (Å²) in [6, 6.07) is 10.2. The first-order valence-electron chi connectivity index (χ1n) is 25.8. The number of H-pyrrole nitrogens is 1. The number of cyclic esters (lactones) is 1. The zero-order chi connectivity index (χ0) is 56.4. The van der Waals surface area contributed by atoms with E-state index in [2.05, 4.69) is 20.8 Å². The van der Waals surface area contributed by atoms with Gasteiger partial charge in [-0.2, -0.15) is 0 Å². The fraction of sp³-hybridized carbons (Fsp3) is 0.679. The average molecular weight is 1070 g/mol. The number of carbonyl (C=O) groups is 4. The first-order valence-corrected chi connectivity index (χ1v) is 25.8. The van der Waals surface area contributed by atoms with Gasteiger partial charge in [0.25, 0.3) is 11.6 Å². The SMILES string of the molecule is CC[C@H]1OC(=O)[C@H](C)[C@@H](O[C@H]2C[C@@](C)(OC)[C@@H](OC(=O)NNC(=O)c3ccc4nc(-c5cccc([N+](=O)[O-])c5)[nH]c4c3)[C@H](C)O2)[C@H](C)[C@@H](O[C@@H]2O[C@H](C)C[C@H](N(C)C)[C@H]2O)[C@@](C)(OC)C[C@@H](C)C(=O)[C@H](C)[C@@H](O)[C@]1(C)O. The van der Waals surface area contributed by atoms with Crippen LogP contribution in [0, 0.1) is 33.8 Å². The third-order valence-corrected chi connectivity index (χ3v) is 15.8. The van der Waals surface area contributed by atoms with Crippen molar-refractivity contribution in [2.24, 2.45) is 23.7 Å². The molecule has 0 bridgehead atoms. The molecule has 3 fully saturated rings. The van der Waals surface area contributed by atoms with Gasteiger partial charge in [-0.25, -0.2) is 15.2 Å². The lowest BCUT2D eigenvalue weighted by atomic mass is 9.74. The first kappa shape index (κ1) is 60.0. The predicted molar refractivity (Wildman–Crippen MR) is 274 cm³/mol. The van der Waals surface area contributed by atoms with Crippen LogP contribution in [-0.2, 0) is 47.5 Å². The highest BCUT2D eigenvalue weighted by molar-refractivity contribution is 5.98. The van der Waals surface area contributed by atoms with Crippen molar-refractivity contribution in [3.63, 3.8) is 0 Å². The number of amides is 2. The van der Waals surface area contributed by atoms with Crippen molar-refractivity contribution in [3.8, 4) is 11.4 Å². The Labute approximate surface area is 443 Å². The number of ketones is 1. The summed E-state index contributed by atoms with van der Waals surface area (Å²) in [5, 5.41) is 46.6. The Hall–Kier alpha value is -5.21. The highest BCUT2D eigenvalue weighted by Crippen LogP contribution is 2.42. The number of imidazole rings is 1. The van der Waals surface area contributed by atoms with Crippen LogP contribution in [-0.4, -0.2) is 171 Å². The molecule has 3 aliphatic heterocycles. The van der Waals surface area contributed by atoms with Gasteiger partial charge in [0.05, 0.1) is 58.0 Å². The van der Waals surface area contributed by atoms with Crippen molar-refractivity contribution >= 4 is 40.5 Å². The highest BCUT2D eigenvalue weighted by Gasteiger charge is 2.55. The van der Waals surface area contributed by atoms with E-state index in [1.807, 2.05) is 25.9 Å². The lowest BCUT2D eigenvalue weighted by Crippen LogP contribution is -2.62. The van der Waals surface area contributed by atoms with E-state index in [4.69, 9.17) is 37.9 Å². The number of aliphatic hydroxyl groups is 3. The minimum absolute atomic E-state index is 0.0279. The number of aromatic nitrogens is 2. The number of ether oxygens (including phenoxy) is 8. The van der Waals surface area contributed by atoms with E-state index < -0.39 is 119 Å². The largest absolute Gasteiger partial charge is 0.459 e. The van der Waals surface area contributed by atoms with E-state index in [1.165, 1.54) is 58.4 Å². The molecule has 0 spiro atoms. The summed E-state index contributed by atoms with van der Waals surface area (Å²) in [5.41, 5.74) is 1.33. The number of aliphatic hydroxyl groups excluding tert-OH is 2. The van der Waals surface area contributed by atoms with Gasteiger partial charge in [-0.3, -0.25) is 29.9 Å². The average Bonchev–Trinajstić information content (AvgIpc) is 3.82. The molecule has 422 valence electrons. The predicted octanol–water partition coefficient (Wildman–Crippen LogP) is 4.97. The summed E-state index contributed by atoms with van der Waals surface area (Å²) in [5.74, 6) is -5.39. The quantitative estimate of drug-likeness (QED) is 0.0792. The molecular formula is C53H78N6O17. The molecule has 4 heterocycles. The maximum Gasteiger partial charge on any atom is 0.426 e. The summed E-state index contributed by atoms with van der Waals surface area (Å²) in [7, 11) is 6.58. The maximum atomic E-state index is 14.6. The molecule has 6 rings (SSSR count). The number of benzene rings is 2. The van der Waals surface area contributed by atoms with Gasteiger partial charge < -0.3 is 63.1 Å². The molecule has 18 atom stereocenters. The summed E-state index contributed by atoms with van der Waals surface area (Å²) in [6.07, 6.45) is -11.5. The van der Waals surface area contributed by atoms with E-state index in [-0.39, 0.29) is 48.4 Å². The number of nitrogens with one attached hydrogen (secondary N) is 3. The highest BCUT2D eigenvalue weighted by atomic mass is 16.7. The van der Waals surface area contributed by atoms with Gasteiger partial charge >= 0.3 is 12.1 Å². The molecule has 3 aromatic rings. The molecule has 3 aliphatic rings. The standard InChI is InChI=1S/C53H78N6O17/c1-15-38-53(10,66)43(62)28(4)40(60)26(2)24-51(8,69-13)44(75-49-41(61)37(58(11)12)21-27(3)71-49)29(5)42(30(6)48(64)73-38)74-39-25-52(9,70-14)45(31(7)72-39)76-50(65)57-56-47(63)33-19-20-35-36(23-33)55-46(54-35)32-17-16-18-34(22-32)59(67)68/h16-20,22-23,26-31,37-39,41-45,49,61-62,66H,15,21,24-25H2,1-14H3,(H,54,55)(H,56,63)(H,57,65)/t26-,27-,28+,29+,30-,31+,37+,38-,39+,41-,42+,43-,44-,45+,49+,51+,52-,53-/m1/s1. The third kappa shape index (κ3) is 12.9. The smallest absolute Gasteiger partial charge is 0.426 e. The fourth-order valence-electron chi connectivity index (χ4n) is 11.2. The van der Waals surface area contributed by atoms with Gasteiger partial charge in [-0.15, -0.1) is 0 Å². The lowest BCUT2D eigenvalue weighted by molar-refractivity contribution is -0.384. The molecule has 0 radical (unpaired) electrons. The van der Waals surface area contributed by atoms with Gasteiger partial charge in [-0.05, 0) is 93.1 Å². The van der Waals surface area contributed by atoms with Crippen molar-refractivity contribution in [1.82, 2.24) is 25.7 Å². The number of non-ortho nitro benzene ring substituents is 1. The number of esters is 1. The van der Waals surface area contributed by atoms with Crippen molar-refractivity contribution < 1.29 is 77.3 Å². The minimum Gasteiger partial charge on any atom is -0.459 e. The number of carbonyl (C=O) groups excluding carboxylic acids is 4. The van der Waals surface area contributed by atoms with E-state index in [0.717, 1.165) is 0 Å². The minimum atomic E-state index is -2.06. The number of aromatic amines is 1. The fourth-order valence-corrected chi connectivity index (χ4v) is 11.2. The number of likely N-dealkylation sites (N-methyl/N-ethyl adjacent to an activating group) is 1. The van der Waals surface area contributed by atoms with Crippen LogP contribution in [0.1, 0.15) is 105 Å². The second-order valence-electron chi connectivity index (χ2n) is 21.7. The molecule has 0 aliphatic carbocycles. The van der Waals surface area contributed by atoms with Crippen LogP contribution in [0.5, 0.6) is 0 Å². The molecule has 76 heavy (non-hydrogen) atoms. The topological polar surface area (TPSA) is 302 Å². The molecule has 2 amide bonds. The Morgan fingerprint density at radius 3 is 2.22 bits per heavy atom. The summed E-state index contributed by atoms with van der Waals surface area (Å²) in [4.78, 5) is 75.8. The monoisotopic (exact) mass is 1070 g/mol.